The Morgan fingerprint density at radius 1 is 1.30 bits per heavy atom. The molecule has 0 aromatic heterocycles. The van der Waals surface area contributed by atoms with Gasteiger partial charge in [-0.15, -0.1) is 0 Å². The van der Waals surface area contributed by atoms with Crippen molar-refractivity contribution in [3.63, 3.8) is 0 Å². The second-order valence-corrected chi connectivity index (χ2v) is 8.79. The number of carbonyl (C=O) groups excluding carboxylic acids is 1. The number of esters is 1. The highest BCUT2D eigenvalue weighted by atomic mass is 16.5. The Kier molecular flexibility index (Phi) is 4.20. The van der Waals surface area contributed by atoms with Crippen molar-refractivity contribution in [2.24, 2.45) is 22.7 Å². The molecule has 0 bridgehead atoms. The number of fused-ring (bicyclic) bond motifs is 1. The smallest absolute Gasteiger partial charge is 0.331 e. The van der Waals surface area contributed by atoms with Crippen LogP contribution in [0.3, 0.4) is 0 Å². The first-order valence-electron chi connectivity index (χ1n) is 8.93. The fourth-order valence-corrected chi connectivity index (χ4v) is 5.75. The van der Waals surface area contributed by atoms with Gasteiger partial charge in [-0.2, -0.15) is 0 Å². The third kappa shape index (κ3) is 3.00. The van der Waals surface area contributed by atoms with Crippen LogP contribution < -0.4 is 0 Å². The molecule has 1 N–H and O–H groups in total. The summed E-state index contributed by atoms with van der Waals surface area (Å²) in [6.07, 6.45) is 8.76. The molecule has 0 aromatic rings. The zero-order valence-corrected chi connectivity index (χ0v) is 14.9. The molecule has 0 unspecified atom stereocenters. The average molecular weight is 318 g/mol. The van der Waals surface area contributed by atoms with Gasteiger partial charge in [-0.05, 0) is 67.3 Å². The summed E-state index contributed by atoms with van der Waals surface area (Å²) < 4.78 is 5.03. The molecule has 1 aliphatic heterocycles. The Morgan fingerprint density at radius 3 is 2.70 bits per heavy atom. The van der Waals surface area contributed by atoms with Crippen molar-refractivity contribution < 1.29 is 14.6 Å². The summed E-state index contributed by atoms with van der Waals surface area (Å²) >= 11 is 0. The third-order valence-corrected chi connectivity index (χ3v) is 6.67. The molecule has 1 fully saturated rings. The second kappa shape index (κ2) is 5.77. The summed E-state index contributed by atoms with van der Waals surface area (Å²) in [4.78, 5) is 11.2. The van der Waals surface area contributed by atoms with E-state index in [1.54, 1.807) is 6.08 Å². The summed E-state index contributed by atoms with van der Waals surface area (Å²) in [5, 5.41) is 10.5. The molecule has 1 heterocycles. The van der Waals surface area contributed by atoms with E-state index >= 15 is 0 Å². The van der Waals surface area contributed by atoms with Crippen molar-refractivity contribution >= 4 is 5.97 Å². The Morgan fingerprint density at radius 2 is 2.04 bits per heavy atom. The van der Waals surface area contributed by atoms with Gasteiger partial charge < -0.3 is 9.84 Å². The Bertz CT molecular complexity index is 557. The molecule has 4 atom stereocenters. The van der Waals surface area contributed by atoms with Crippen LogP contribution >= 0.6 is 0 Å². The molecule has 0 amide bonds. The lowest BCUT2D eigenvalue weighted by Gasteiger charge is -2.58. The van der Waals surface area contributed by atoms with Crippen LogP contribution in [-0.4, -0.2) is 23.8 Å². The number of hydrogen-bond donors (Lipinski definition) is 1. The first kappa shape index (κ1) is 16.8. The van der Waals surface area contributed by atoms with Gasteiger partial charge in [0.05, 0.1) is 6.10 Å². The lowest BCUT2D eigenvalue weighted by molar-refractivity contribution is -0.135. The summed E-state index contributed by atoms with van der Waals surface area (Å²) in [6, 6.07) is 0. The topological polar surface area (TPSA) is 46.5 Å². The molecule has 3 heteroatoms. The van der Waals surface area contributed by atoms with E-state index in [0.29, 0.717) is 18.4 Å². The molecular formula is C20H30O3. The maximum atomic E-state index is 11.2. The highest BCUT2D eigenvalue weighted by Crippen LogP contribution is 2.60. The molecule has 23 heavy (non-hydrogen) atoms. The van der Waals surface area contributed by atoms with Crippen molar-refractivity contribution in [1.29, 1.82) is 0 Å². The van der Waals surface area contributed by atoms with Crippen molar-refractivity contribution in [2.75, 3.05) is 6.61 Å². The van der Waals surface area contributed by atoms with Crippen molar-refractivity contribution in [3.05, 3.63) is 23.3 Å². The van der Waals surface area contributed by atoms with Gasteiger partial charge in [0.25, 0.3) is 0 Å². The standard InChI is InChI=1S/C20H30O3/c1-13-5-8-17-19(2,3)10-15(21)11-20(17,4)16(13)7-6-14-9-18(22)23-12-14/h5,9,15-17,21H,6-8,10-12H2,1-4H3/t15-,16-,17-,20+/m0/s1. The summed E-state index contributed by atoms with van der Waals surface area (Å²) in [5.41, 5.74) is 2.89. The second-order valence-electron chi connectivity index (χ2n) is 8.79. The fourth-order valence-electron chi connectivity index (χ4n) is 5.75. The molecule has 0 aromatic carbocycles. The van der Waals surface area contributed by atoms with Gasteiger partial charge in [-0.25, -0.2) is 4.79 Å². The highest BCUT2D eigenvalue weighted by Gasteiger charge is 2.53. The molecule has 2 aliphatic carbocycles. The number of aliphatic hydroxyl groups excluding tert-OH is 1. The van der Waals surface area contributed by atoms with Gasteiger partial charge in [0.15, 0.2) is 0 Å². The molecular weight excluding hydrogens is 288 g/mol. The largest absolute Gasteiger partial charge is 0.458 e. The predicted octanol–water partition coefficient (Wildman–Crippen LogP) is 4.02. The summed E-state index contributed by atoms with van der Waals surface area (Å²) in [7, 11) is 0. The van der Waals surface area contributed by atoms with Crippen molar-refractivity contribution in [3.8, 4) is 0 Å². The molecule has 0 saturated heterocycles. The monoisotopic (exact) mass is 318 g/mol. The van der Waals surface area contributed by atoms with Gasteiger partial charge in [-0.3, -0.25) is 0 Å². The molecule has 128 valence electrons. The molecule has 3 nitrogen and oxygen atoms in total. The number of aliphatic hydroxyl groups is 1. The van der Waals surface area contributed by atoms with Gasteiger partial charge in [0.2, 0.25) is 0 Å². The zero-order chi connectivity index (χ0) is 16.8. The number of ether oxygens (including phenoxy) is 1. The minimum atomic E-state index is -0.200. The molecule has 3 rings (SSSR count). The molecule has 3 aliphatic rings. The van der Waals surface area contributed by atoms with E-state index in [1.165, 1.54) is 5.57 Å². The van der Waals surface area contributed by atoms with E-state index in [4.69, 9.17) is 4.74 Å². The quantitative estimate of drug-likeness (QED) is 0.631. The number of hydrogen-bond acceptors (Lipinski definition) is 3. The van der Waals surface area contributed by atoms with Crippen LogP contribution in [0.1, 0.15) is 59.8 Å². The van der Waals surface area contributed by atoms with E-state index in [-0.39, 0.29) is 22.9 Å². The molecule has 0 radical (unpaired) electrons. The normalized spacial score (nSPS) is 39.3. The van der Waals surface area contributed by atoms with Crippen LogP contribution in [0.5, 0.6) is 0 Å². The summed E-state index contributed by atoms with van der Waals surface area (Å²) in [5.74, 6) is 0.892. The van der Waals surface area contributed by atoms with Crippen molar-refractivity contribution in [2.45, 2.75) is 65.9 Å². The van der Waals surface area contributed by atoms with Crippen LogP contribution in [-0.2, 0) is 9.53 Å². The minimum absolute atomic E-state index is 0.143. The van der Waals surface area contributed by atoms with Gasteiger partial charge >= 0.3 is 5.97 Å². The summed E-state index contributed by atoms with van der Waals surface area (Å²) in [6.45, 7) is 9.72. The Balaban J connectivity index is 1.82. The van der Waals surface area contributed by atoms with E-state index in [9.17, 15) is 9.90 Å². The van der Waals surface area contributed by atoms with Gasteiger partial charge in [0.1, 0.15) is 6.61 Å². The lowest BCUT2D eigenvalue weighted by Crippen LogP contribution is -2.52. The van der Waals surface area contributed by atoms with Crippen LogP contribution in [0.15, 0.2) is 23.3 Å². The Hall–Kier alpha value is -1.09. The van der Waals surface area contributed by atoms with Gasteiger partial charge in [0, 0.05) is 6.08 Å². The zero-order valence-electron chi connectivity index (χ0n) is 14.9. The average Bonchev–Trinajstić information content (AvgIpc) is 2.81. The number of carbonyl (C=O) groups is 1. The molecule has 1 saturated carbocycles. The van der Waals surface area contributed by atoms with Crippen LogP contribution in [0.4, 0.5) is 0 Å². The lowest BCUT2D eigenvalue weighted by atomic mass is 9.47. The van der Waals surface area contributed by atoms with Gasteiger partial charge in [-0.1, -0.05) is 32.4 Å². The fraction of sp³-hybridized carbons (Fsp3) is 0.750. The predicted molar refractivity (Wildman–Crippen MR) is 90.8 cm³/mol. The van der Waals surface area contributed by atoms with Crippen LogP contribution in [0.25, 0.3) is 0 Å². The van der Waals surface area contributed by atoms with E-state index in [0.717, 1.165) is 37.7 Å². The Labute approximate surface area is 139 Å². The van der Waals surface area contributed by atoms with Crippen LogP contribution in [0, 0.1) is 22.7 Å². The van der Waals surface area contributed by atoms with E-state index < -0.39 is 0 Å². The van der Waals surface area contributed by atoms with Crippen LogP contribution in [0.2, 0.25) is 0 Å². The van der Waals surface area contributed by atoms with Crippen molar-refractivity contribution in [1.82, 2.24) is 0 Å². The minimum Gasteiger partial charge on any atom is -0.458 e. The third-order valence-electron chi connectivity index (χ3n) is 6.67. The highest BCUT2D eigenvalue weighted by molar-refractivity contribution is 5.85. The first-order valence-corrected chi connectivity index (χ1v) is 8.93. The maximum absolute atomic E-state index is 11.2. The van der Waals surface area contributed by atoms with E-state index in [1.807, 2.05) is 0 Å². The number of allylic oxidation sites excluding steroid dienone is 2. The maximum Gasteiger partial charge on any atom is 0.331 e. The molecule has 0 spiro atoms. The number of rotatable bonds is 3. The number of cyclic esters (lactones) is 1. The van der Waals surface area contributed by atoms with E-state index in [2.05, 4.69) is 33.8 Å². The first-order chi connectivity index (χ1) is 10.7. The SMILES string of the molecule is CC1=CC[C@H]2C(C)(C)C[C@H](O)C[C@]2(C)[C@H]1CCC1=CC(=O)OC1.